The van der Waals surface area contributed by atoms with Gasteiger partial charge in [0.1, 0.15) is 0 Å². The van der Waals surface area contributed by atoms with Gasteiger partial charge in [0.2, 0.25) is 5.91 Å². The van der Waals surface area contributed by atoms with Gasteiger partial charge in [-0.05, 0) is 31.6 Å². The maximum Gasteiger partial charge on any atom is 0.245 e. The first-order valence-electron chi connectivity index (χ1n) is 5.96. The standard InChI is InChI=1S/C11H20N2O2/c12-10(8-5-6-8)7-11(14)13-15-9-3-1-2-4-9/h8-10H,1-7,12H2,(H,13,14). The van der Waals surface area contributed by atoms with E-state index in [0.29, 0.717) is 12.3 Å². The van der Waals surface area contributed by atoms with Crippen LogP contribution in [0.15, 0.2) is 0 Å². The van der Waals surface area contributed by atoms with E-state index in [-0.39, 0.29) is 18.1 Å². The van der Waals surface area contributed by atoms with Crippen molar-refractivity contribution in [3.05, 3.63) is 0 Å². The van der Waals surface area contributed by atoms with Crippen LogP contribution in [0.5, 0.6) is 0 Å². The van der Waals surface area contributed by atoms with E-state index in [9.17, 15) is 4.79 Å². The molecule has 0 aromatic carbocycles. The number of carbonyl (C=O) groups excluding carboxylic acids is 1. The highest BCUT2D eigenvalue weighted by Crippen LogP contribution is 2.32. The largest absolute Gasteiger partial charge is 0.327 e. The summed E-state index contributed by atoms with van der Waals surface area (Å²) in [5, 5.41) is 0. The van der Waals surface area contributed by atoms with Crippen molar-refractivity contribution < 1.29 is 9.63 Å². The summed E-state index contributed by atoms with van der Waals surface area (Å²) in [6.07, 6.45) is 7.53. The summed E-state index contributed by atoms with van der Waals surface area (Å²) in [6, 6.07) is 0.0252. The molecule has 4 nitrogen and oxygen atoms in total. The van der Waals surface area contributed by atoms with Gasteiger partial charge >= 0.3 is 0 Å². The number of hydrogen-bond acceptors (Lipinski definition) is 3. The van der Waals surface area contributed by atoms with Crippen LogP contribution in [0.3, 0.4) is 0 Å². The first kappa shape index (κ1) is 10.9. The SMILES string of the molecule is NC(CC(=O)NOC1CCCC1)C1CC1. The number of rotatable bonds is 5. The lowest BCUT2D eigenvalue weighted by atomic mass is 10.1. The van der Waals surface area contributed by atoms with E-state index in [4.69, 9.17) is 10.6 Å². The fraction of sp³-hybridized carbons (Fsp3) is 0.909. The van der Waals surface area contributed by atoms with Gasteiger partial charge in [-0.1, -0.05) is 12.8 Å². The Morgan fingerprint density at radius 1 is 1.33 bits per heavy atom. The zero-order chi connectivity index (χ0) is 10.7. The lowest BCUT2D eigenvalue weighted by Gasteiger charge is -2.13. The number of hydrogen-bond donors (Lipinski definition) is 2. The molecule has 2 aliphatic rings. The summed E-state index contributed by atoms with van der Waals surface area (Å²) >= 11 is 0. The second-order valence-corrected chi connectivity index (χ2v) is 4.75. The second-order valence-electron chi connectivity index (χ2n) is 4.75. The lowest BCUT2D eigenvalue weighted by Crippen LogP contribution is -2.34. The average Bonchev–Trinajstić information content (AvgIpc) is 2.93. The molecule has 1 atom stereocenters. The molecule has 0 aromatic heterocycles. The topological polar surface area (TPSA) is 64.4 Å². The summed E-state index contributed by atoms with van der Waals surface area (Å²) in [5.41, 5.74) is 8.37. The molecule has 2 rings (SSSR count). The molecule has 86 valence electrons. The predicted octanol–water partition coefficient (Wildman–Crippen LogP) is 1.10. The van der Waals surface area contributed by atoms with Crippen molar-refractivity contribution in [3.8, 4) is 0 Å². The van der Waals surface area contributed by atoms with Crippen LogP contribution in [0, 0.1) is 5.92 Å². The van der Waals surface area contributed by atoms with E-state index >= 15 is 0 Å². The highest BCUT2D eigenvalue weighted by atomic mass is 16.7. The minimum absolute atomic E-state index is 0.0252. The molecule has 3 N–H and O–H groups in total. The van der Waals surface area contributed by atoms with Crippen molar-refractivity contribution >= 4 is 5.91 Å². The molecule has 2 aliphatic carbocycles. The summed E-state index contributed by atoms with van der Waals surface area (Å²) in [6.45, 7) is 0. The minimum Gasteiger partial charge on any atom is -0.327 e. The van der Waals surface area contributed by atoms with Gasteiger partial charge in [-0.15, -0.1) is 0 Å². The van der Waals surface area contributed by atoms with Crippen LogP contribution >= 0.6 is 0 Å². The van der Waals surface area contributed by atoms with Crippen molar-refractivity contribution in [1.29, 1.82) is 0 Å². The van der Waals surface area contributed by atoms with Crippen LogP contribution in [0.25, 0.3) is 0 Å². The summed E-state index contributed by atoms with van der Waals surface area (Å²) in [4.78, 5) is 16.7. The van der Waals surface area contributed by atoms with Crippen molar-refractivity contribution in [2.24, 2.45) is 11.7 Å². The fourth-order valence-corrected chi connectivity index (χ4v) is 2.10. The Morgan fingerprint density at radius 3 is 2.60 bits per heavy atom. The molecule has 0 spiro atoms. The quantitative estimate of drug-likeness (QED) is 0.671. The molecule has 1 amide bonds. The summed E-state index contributed by atoms with van der Waals surface area (Å²) in [7, 11) is 0. The third kappa shape index (κ3) is 3.47. The molecule has 0 bridgehead atoms. The van der Waals surface area contributed by atoms with E-state index in [0.717, 1.165) is 12.8 Å². The van der Waals surface area contributed by atoms with Gasteiger partial charge in [-0.25, -0.2) is 5.48 Å². The molecule has 0 aromatic rings. The Morgan fingerprint density at radius 2 is 2.00 bits per heavy atom. The van der Waals surface area contributed by atoms with Crippen LogP contribution in [0.2, 0.25) is 0 Å². The fourth-order valence-electron chi connectivity index (χ4n) is 2.10. The van der Waals surface area contributed by atoms with Crippen LogP contribution in [-0.2, 0) is 9.63 Å². The molecule has 2 fully saturated rings. The minimum atomic E-state index is -0.0682. The number of nitrogens with two attached hydrogens (primary N) is 1. The van der Waals surface area contributed by atoms with Gasteiger partial charge < -0.3 is 5.73 Å². The van der Waals surface area contributed by atoms with Crippen LogP contribution in [0.4, 0.5) is 0 Å². The molecule has 0 heterocycles. The second kappa shape index (κ2) is 4.94. The van der Waals surface area contributed by atoms with E-state index in [1.54, 1.807) is 0 Å². The summed E-state index contributed by atoms with van der Waals surface area (Å²) in [5.74, 6) is 0.503. The Hall–Kier alpha value is -0.610. The van der Waals surface area contributed by atoms with Crippen LogP contribution in [0.1, 0.15) is 44.9 Å². The third-order valence-corrected chi connectivity index (χ3v) is 3.29. The maximum absolute atomic E-state index is 11.4. The van der Waals surface area contributed by atoms with Gasteiger partial charge in [0, 0.05) is 12.5 Å². The third-order valence-electron chi connectivity index (χ3n) is 3.29. The van der Waals surface area contributed by atoms with Crippen molar-refractivity contribution in [3.63, 3.8) is 0 Å². The lowest BCUT2D eigenvalue weighted by molar-refractivity contribution is -0.138. The molecule has 1 unspecified atom stereocenters. The zero-order valence-corrected chi connectivity index (χ0v) is 9.08. The van der Waals surface area contributed by atoms with Crippen LogP contribution in [-0.4, -0.2) is 18.1 Å². The average molecular weight is 212 g/mol. The first-order valence-corrected chi connectivity index (χ1v) is 5.96. The number of carbonyl (C=O) groups is 1. The van der Waals surface area contributed by atoms with Crippen molar-refractivity contribution in [1.82, 2.24) is 5.48 Å². The van der Waals surface area contributed by atoms with E-state index in [1.807, 2.05) is 0 Å². The van der Waals surface area contributed by atoms with Gasteiger partial charge in [0.25, 0.3) is 0 Å². The van der Waals surface area contributed by atoms with Gasteiger partial charge in [0.05, 0.1) is 6.10 Å². The van der Waals surface area contributed by atoms with E-state index in [2.05, 4.69) is 5.48 Å². The highest BCUT2D eigenvalue weighted by molar-refractivity contribution is 5.75. The summed E-state index contributed by atoms with van der Waals surface area (Å²) < 4.78 is 0. The Kier molecular flexibility index (Phi) is 3.59. The highest BCUT2D eigenvalue weighted by Gasteiger charge is 2.30. The molecule has 0 saturated heterocycles. The molecular formula is C11H20N2O2. The Balaban J connectivity index is 1.59. The van der Waals surface area contributed by atoms with Gasteiger partial charge in [-0.2, -0.15) is 0 Å². The van der Waals surface area contributed by atoms with Gasteiger partial charge in [-0.3, -0.25) is 9.63 Å². The first-order chi connectivity index (χ1) is 7.25. The van der Waals surface area contributed by atoms with E-state index < -0.39 is 0 Å². The molecule has 0 radical (unpaired) electrons. The molecule has 4 heteroatoms. The molecule has 15 heavy (non-hydrogen) atoms. The number of hydroxylamine groups is 1. The molecule has 2 saturated carbocycles. The van der Waals surface area contributed by atoms with E-state index in [1.165, 1.54) is 25.7 Å². The normalized spacial score (nSPS) is 24.1. The van der Waals surface area contributed by atoms with Gasteiger partial charge in [0.15, 0.2) is 0 Å². The number of amides is 1. The molecule has 0 aliphatic heterocycles. The van der Waals surface area contributed by atoms with Crippen molar-refractivity contribution in [2.45, 2.75) is 57.1 Å². The zero-order valence-electron chi connectivity index (χ0n) is 9.08. The Labute approximate surface area is 90.5 Å². The number of nitrogens with one attached hydrogen (secondary N) is 1. The van der Waals surface area contributed by atoms with Crippen LogP contribution < -0.4 is 11.2 Å². The Bertz CT molecular complexity index is 223. The smallest absolute Gasteiger partial charge is 0.245 e. The van der Waals surface area contributed by atoms with Crippen molar-refractivity contribution in [2.75, 3.05) is 0 Å². The molecular weight excluding hydrogens is 192 g/mol. The predicted molar refractivity (Wildman–Crippen MR) is 56.8 cm³/mol. The monoisotopic (exact) mass is 212 g/mol. The maximum atomic E-state index is 11.4.